The first-order valence-corrected chi connectivity index (χ1v) is 9.22. The summed E-state index contributed by atoms with van der Waals surface area (Å²) >= 11 is 0. The van der Waals surface area contributed by atoms with Gasteiger partial charge in [0.2, 0.25) is 0 Å². The lowest BCUT2D eigenvalue weighted by atomic mass is 9.51. The molecular weight excluding hydrogens is 260 g/mol. The highest BCUT2D eigenvalue weighted by Gasteiger charge is 2.57. The Labute approximate surface area is 128 Å². The number of fused-ring (bicyclic) bond motifs is 5. The Bertz CT molecular complexity index is 443. The summed E-state index contributed by atoms with van der Waals surface area (Å²) in [4.78, 5) is 0. The first kappa shape index (κ1) is 14.3. The van der Waals surface area contributed by atoms with Gasteiger partial charge in [0.15, 0.2) is 0 Å². The SMILES string of the molecule is CC[C@]12CC[C@H]3[C@@H](CCC4=C[C@@H](O)CC[C@@H]43)[C@@H]1CC[C@@H]2O. The Kier molecular flexibility index (Phi) is 3.46. The molecule has 0 spiro atoms. The topological polar surface area (TPSA) is 40.5 Å². The van der Waals surface area contributed by atoms with Gasteiger partial charge in [-0.1, -0.05) is 18.6 Å². The molecule has 0 radical (unpaired) electrons. The summed E-state index contributed by atoms with van der Waals surface area (Å²) in [7, 11) is 0. The second-order valence-corrected chi connectivity index (χ2v) is 8.18. The smallest absolute Gasteiger partial charge is 0.0723 e. The van der Waals surface area contributed by atoms with E-state index in [9.17, 15) is 10.2 Å². The highest BCUT2D eigenvalue weighted by molar-refractivity contribution is 5.20. The number of hydrogen-bond acceptors (Lipinski definition) is 2. The lowest BCUT2D eigenvalue weighted by molar-refractivity contribution is -0.0685. The Morgan fingerprint density at radius 1 is 1.05 bits per heavy atom. The molecule has 4 aliphatic rings. The molecule has 118 valence electrons. The monoisotopic (exact) mass is 290 g/mol. The molecule has 3 fully saturated rings. The minimum atomic E-state index is -0.181. The number of allylic oxidation sites excluding steroid dienone is 1. The molecular formula is C19H30O2. The molecule has 0 unspecified atom stereocenters. The molecule has 0 aromatic rings. The Morgan fingerprint density at radius 2 is 1.90 bits per heavy atom. The van der Waals surface area contributed by atoms with E-state index in [1.54, 1.807) is 5.57 Å². The van der Waals surface area contributed by atoms with Gasteiger partial charge < -0.3 is 10.2 Å². The molecule has 7 atom stereocenters. The van der Waals surface area contributed by atoms with Crippen LogP contribution in [0.15, 0.2) is 11.6 Å². The van der Waals surface area contributed by atoms with Crippen molar-refractivity contribution in [2.45, 2.75) is 76.9 Å². The van der Waals surface area contributed by atoms with Crippen molar-refractivity contribution in [3.8, 4) is 0 Å². The number of hydrogen-bond donors (Lipinski definition) is 2. The number of aliphatic hydroxyl groups excluding tert-OH is 2. The van der Waals surface area contributed by atoms with E-state index in [4.69, 9.17) is 0 Å². The average Bonchev–Trinajstić information content (AvgIpc) is 2.84. The first-order chi connectivity index (χ1) is 10.2. The number of rotatable bonds is 1. The van der Waals surface area contributed by atoms with E-state index in [0.29, 0.717) is 0 Å². The Hall–Kier alpha value is -0.340. The van der Waals surface area contributed by atoms with Crippen molar-refractivity contribution < 1.29 is 10.2 Å². The van der Waals surface area contributed by atoms with Gasteiger partial charge in [-0.15, -0.1) is 0 Å². The van der Waals surface area contributed by atoms with Crippen LogP contribution in [0.3, 0.4) is 0 Å². The van der Waals surface area contributed by atoms with Crippen LogP contribution in [-0.2, 0) is 0 Å². The molecule has 21 heavy (non-hydrogen) atoms. The summed E-state index contributed by atoms with van der Waals surface area (Å²) in [6.45, 7) is 2.30. The Morgan fingerprint density at radius 3 is 2.71 bits per heavy atom. The summed E-state index contributed by atoms with van der Waals surface area (Å²) in [5.74, 6) is 3.20. The van der Waals surface area contributed by atoms with Crippen molar-refractivity contribution in [2.24, 2.45) is 29.1 Å². The van der Waals surface area contributed by atoms with E-state index in [0.717, 1.165) is 42.9 Å². The van der Waals surface area contributed by atoms with Gasteiger partial charge in [0, 0.05) is 0 Å². The zero-order valence-corrected chi connectivity index (χ0v) is 13.3. The van der Waals surface area contributed by atoms with Gasteiger partial charge in [-0.05, 0) is 86.9 Å². The predicted molar refractivity (Wildman–Crippen MR) is 83.7 cm³/mol. The third kappa shape index (κ3) is 1.98. The third-order valence-electron chi connectivity index (χ3n) is 7.76. The maximum absolute atomic E-state index is 10.6. The van der Waals surface area contributed by atoms with E-state index in [1.807, 2.05) is 0 Å². The molecule has 0 amide bonds. The van der Waals surface area contributed by atoms with Gasteiger partial charge in [-0.25, -0.2) is 0 Å². The highest BCUT2D eigenvalue weighted by atomic mass is 16.3. The van der Waals surface area contributed by atoms with E-state index in [-0.39, 0.29) is 17.6 Å². The normalized spacial score (nSPS) is 52.6. The zero-order chi connectivity index (χ0) is 14.6. The van der Waals surface area contributed by atoms with Crippen LogP contribution in [-0.4, -0.2) is 22.4 Å². The molecule has 0 saturated heterocycles. The lowest BCUT2D eigenvalue weighted by Gasteiger charge is -2.54. The van der Waals surface area contributed by atoms with Crippen LogP contribution >= 0.6 is 0 Å². The lowest BCUT2D eigenvalue weighted by Crippen LogP contribution is -2.48. The van der Waals surface area contributed by atoms with Crippen LogP contribution in [0.2, 0.25) is 0 Å². The molecule has 4 aliphatic carbocycles. The van der Waals surface area contributed by atoms with Crippen molar-refractivity contribution in [2.75, 3.05) is 0 Å². The predicted octanol–water partition coefficient (Wildman–Crippen LogP) is 3.67. The maximum Gasteiger partial charge on any atom is 0.0723 e. The molecule has 0 aromatic carbocycles. The summed E-state index contributed by atoms with van der Waals surface area (Å²) in [6, 6.07) is 0. The number of aliphatic hydroxyl groups is 2. The quantitative estimate of drug-likeness (QED) is 0.723. The summed E-state index contributed by atoms with van der Waals surface area (Å²) in [6.07, 6.45) is 12.6. The van der Waals surface area contributed by atoms with E-state index < -0.39 is 0 Å². The fraction of sp³-hybridized carbons (Fsp3) is 0.895. The second kappa shape index (κ2) is 5.09. The molecule has 2 N–H and O–H groups in total. The van der Waals surface area contributed by atoms with Crippen molar-refractivity contribution >= 4 is 0 Å². The van der Waals surface area contributed by atoms with E-state index in [1.165, 1.54) is 38.5 Å². The Balaban J connectivity index is 1.62. The fourth-order valence-corrected chi connectivity index (χ4v) is 6.77. The van der Waals surface area contributed by atoms with E-state index in [2.05, 4.69) is 13.0 Å². The minimum absolute atomic E-state index is 0.0430. The molecule has 0 heterocycles. The van der Waals surface area contributed by atoms with Crippen molar-refractivity contribution in [1.29, 1.82) is 0 Å². The van der Waals surface area contributed by atoms with Crippen molar-refractivity contribution in [1.82, 2.24) is 0 Å². The molecule has 0 aromatic heterocycles. The maximum atomic E-state index is 10.6. The highest BCUT2D eigenvalue weighted by Crippen LogP contribution is 2.63. The van der Waals surface area contributed by atoms with Gasteiger partial charge in [0.1, 0.15) is 0 Å². The molecule has 2 nitrogen and oxygen atoms in total. The average molecular weight is 290 g/mol. The van der Waals surface area contributed by atoms with Gasteiger partial charge in [-0.2, -0.15) is 0 Å². The zero-order valence-electron chi connectivity index (χ0n) is 13.3. The molecule has 0 aliphatic heterocycles. The largest absolute Gasteiger partial charge is 0.393 e. The van der Waals surface area contributed by atoms with Gasteiger partial charge in [0.05, 0.1) is 12.2 Å². The fourth-order valence-electron chi connectivity index (χ4n) is 6.77. The van der Waals surface area contributed by atoms with Crippen LogP contribution in [0.5, 0.6) is 0 Å². The second-order valence-electron chi connectivity index (χ2n) is 8.18. The molecule has 4 rings (SSSR count). The molecule has 3 saturated carbocycles. The summed E-state index contributed by atoms with van der Waals surface area (Å²) in [5, 5.41) is 20.5. The molecule has 0 bridgehead atoms. The van der Waals surface area contributed by atoms with Crippen molar-refractivity contribution in [3.05, 3.63) is 11.6 Å². The van der Waals surface area contributed by atoms with Gasteiger partial charge in [-0.3, -0.25) is 0 Å². The van der Waals surface area contributed by atoms with Gasteiger partial charge >= 0.3 is 0 Å². The van der Waals surface area contributed by atoms with Crippen LogP contribution in [0.1, 0.15) is 64.7 Å². The van der Waals surface area contributed by atoms with E-state index >= 15 is 0 Å². The third-order valence-corrected chi connectivity index (χ3v) is 7.76. The van der Waals surface area contributed by atoms with Crippen LogP contribution in [0, 0.1) is 29.1 Å². The molecule has 2 heteroatoms. The summed E-state index contributed by atoms with van der Waals surface area (Å²) < 4.78 is 0. The van der Waals surface area contributed by atoms with Gasteiger partial charge in [0.25, 0.3) is 0 Å². The standard InChI is InChI=1S/C19H30O2/c1-2-19-10-9-15-14-6-4-13(20)11-12(14)3-5-16(15)17(19)7-8-18(19)21/h11,13-18,20-21H,2-10H2,1H3/t13-,14-,15+,16+,17-,18-,19-/m0/s1. The van der Waals surface area contributed by atoms with Crippen molar-refractivity contribution in [3.63, 3.8) is 0 Å². The van der Waals surface area contributed by atoms with Crippen LogP contribution in [0.4, 0.5) is 0 Å². The van der Waals surface area contributed by atoms with Crippen LogP contribution in [0.25, 0.3) is 0 Å². The van der Waals surface area contributed by atoms with Crippen LogP contribution < -0.4 is 0 Å². The summed E-state index contributed by atoms with van der Waals surface area (Å²) in [5.41, 5.74) is 1.81. The first-order valence-electron chi connectivity index (χ1n) is 9.22. The minimum Gasteiger partial charge on any atom is -0.393 e.